The number of aryl methyl sites for hydroxylation is 2. The fraction of sp³-hybridized carbons (Fsp3) is 0.400. The highest BCUT2D eigenvalue weighted by atomic mass is 19.2. The molecule has 7 heteroatoms. The molecule has 0 aromatic heterocycles. The van der Waals surface area contributed by atoms with Gasteiger partial charge in [-0.25, -0.2) is 17.6 Å². The molecule has 0 amide bonds. The first-order chi connectivity index (χ1) is 17.8. The van der Waals surface area contributed by atoms with Crippen LogP contribution in [-0.4, -0.2) is 19.3 Å². The highest BCUT2D eigenvalue weighted by Gasteiger charge is 2.25. The molecule has 3 aromatic rings. The maximum absolute atomic E-state index is 14.9. The van der Waals surface area contributed by atoms with E-state index in [1.165, 1.54) is 24.3 Å². The van der Waals surface area contributed by atoms with Gasteiger partial charge in [0.25, 0.3) is 0 Å². The highest BCUT2D eigenvalue weighted by molar-refractivity contribution is 5.66. The topological polar surface area (TPSA) is 18.5 Å². The molecule has 1 fully saturated rings. The molecule has 0 spiro atoms. The van der Waals surface area contributed by atoms with Crippen LogP contribution < -0.4 is 4.74 Å². The summed E-state index contributed by atoms with van der Waals surface area (Å²) in [5, 5.41) is 0. The van der Waals surface area contributed by atoms with E-state index in [1.807, 2.05) is 19.1 Å². The van der Waals surface area contributed by atoms with Crippen LogP contribution >= 0.6 is 0 Å². The third kappa shape index (κ3) is 5.98. The number of hydrogen-bond donors (Lipinski definition) is 0. The van der Waals surface area contributed by atoms with Gasteiger partial charge in [-0.2, -0.15) is 4.39 Å². The lowest BCUT2D eigenvalue weighted by atomic mass is 9.89. The first-order valence-corrected chi connectivity index (χ1v) is 12.8. The fourth-order valence-electron chi connectivity index (χ4n) is 4.90. The second kappa shape index (κ2) is 12.1. The predicted molar refractivity (Wildman–Crippen MR) is 133 cm³/mol. The van der Waals surface area contributed by atoms with Crippen LogP contribution in [0.3, 0.4) is 0 Å². The van der Waals surface area contributed by atoms with Gasteiger partial charge in [0.1, 0.15) is 5.82 Å². The van der Waals surface area contributed by atoms with Gasteiger partial charge in [0.2, 0.25) is 5.82 Å². The summed E-state index contributed by atoms with van der Waals surface area (Å²) in [6.45, 7) is 4.22. The number of ether oxygens (including phenoxy) is 2. The summed E-state index contributed by atoms with van der Waals surface area (Å²) < 4.78 is 83.8. The van der Waals surface area contributed by atoms with Crippen molar-refractivity contribution in [2.75, 3.05) is 13.2 Å². The van der Waals surface area contributed by atoms with Gasteiger partial charge in [-0.05, 0) is 73.9 Å². The minimum absolute atomic E-state index is 0.0966. The van der Waals surface area contributed by atoms with Crippen LogP contribution in [0.4, 0.5) is 22.0 Å². The summed E-state index contributed by atoms with van der Waals surface area (Å²) in [4.78, 5) is 0. The highest BCUT2D eigenvalue weighted by Crippen LogP contribution is 2.34. The summed E-state index contributed by atoms with van der Waals surface area (Å²) in [5.74, 6) is -5.21. The molecule has 2 atom stereocenters. The summed E-state index contributed by atoms with van der Waals surface area (Å²) in [6.07, 6.45) is 3.73. The Morgan fingerprint density at radius 2 is 1.49 bits per heavy atom. The van der Waals surface area contributed by atoms with Gasteiger partial charge in [-0.1, -0.05) is 37.6 Å². The third-order valence-corrected chi connectivity index (χ3v) is 6.97. The maximum atomic E-state index is 14.9. The first kappa shape index (κ1) is 27.1. The Labute approximate surface area is 214 Å². The van der Waals surface area contributed by atoms with Crippen molar-refractivity contribution in [3.8, 4) is 16.9 Å². The van der Waals surface area contributed by atoms with E-state index in [4.69, 9.17) is 9.47 Å². The predicted octanol–water partition coefficient (Wildman–Crippen LogP) is 8.30. The molecule has 198 valence electrons. The third-order valence-electron chi connectivity index (χ3n) is 6.97. The zero-order valence-electron chi connectivity index (χ0n) is 21.1. The van der Waals surface area contributed by atoms with Gasteiger partial charge in [0.15, 0.2) is 23.2 Å². The van der Waals surface area contributed by atoms with Crippen LogP contribution in [0.1, 0.15) is 62.1 Å². The van der Waals surface area contributed by atoms with Crippen LogP contribution in [-0.2, 0) is 17.6 Å². The van der Waals surface area contributed by atoms with Crippen molar-refractivity contribution in [3.05, 3.63) is 88.2 Å². The van der Waals surface area contributed by atoms with Crippen LogP contribution in [0.25, 0.3) is 11.1 Å². The Kier molecular flexibility index (Phi) is 8.85. The van der Waals surface area contributed by atoms with Gasteiger partial charge < -0.3 is 9.47 Å². The van der Waals surface area contributed by atoms with Crippen molar-refractivity contribution in [1.82, 2.24) is 0 Å². The lowest BCUT2D eigenvalue weighted by Gasteiger charge is -2.29. The average Bonchev–Trinajstić information content (AvgIpc) is 2.90. The summed E-state index contributed by atoms with van der Waals surface area (Å²) >= 11 is 0. The second-order valence-electron chi connectivity index (χ2n) is 9.44. The van der Waals surface area contributed by atoms with Gasteiger partial charge in [-0.15, -0.1) is 0 Å². The molecule has 1 saturated heterocycles. The zero-order chi connectivity index (χ0) is 26.5. The van der Waals surface area contributed by atoms with Crippen molar-refractivity contribution in [1.29, 1.82) is 0 Å². The van der Waals surface area contributed by atoms with Crippen LogP contribution in [0.5, 0.6) is 5.75 Å². The second-order valence-corrected chi connectivity index (χ2v) is 9.44. The fourth-order valence-corrected chi connectivity index (χ4v) is 4.90. The van der Waals surface area contributed by atoms with E-state index in [-0.39, 0.29) is 53.3 Å². The van der Waals surface area contributed by atoms with E-state index < -0.39 is 23.3 Å². The Morgan fingerprint density at radius 3 is 2.14 bits per heavy atom. The summed E-state index contributed by atoms with van der Waals surface area (Å²) in [6, 6.07) is 10.4. The lowest BCUT2D eigenvalue weighted by Crippen LogP contribution is -2.25. The van der Waals surface area contributed by atoms with Crippen molar-refractivity contribution in [3.63, 3.8) is 0 Å². The van der Waals surface area contributed by atoms with Crippen molar-refractivity contribution in [2.24, 2.45) is 0 Å². The lowest BCUT2D eigenvalue weighted by molar-refractivity contribution is -0.000714. The molecule has 37 heavy (non-hydrogen) atoms. The zero-order valence-corrected chi connectivity index (χ0v) is 21.1. The molecular formula is C30H31F5O2. The summed E-state index contributed by atoms with van der Waals surface area (Å²) in [5.41, 5.74) is 1.06. The van der Waals surface area contributed by atoms with Crippen LogP contribution in [0.2, 0.25) is 0 Å². The molecule has 0 aliphatic carbocycles. The Morgan fingerprint density at radius 1 is 0.784 bits per heavy atom. The first-order valence-electron chi connectivity index (χ1n) is 12.8. The minimum Gasteiger partial charge on any atom is -0.491 e. The van der Waals surface area contributed by atoms with E-state index in [9.17, 15) is 22.0 Å². The smallest absolute Gasteiger partial charge is 0.201 e. The van der Waals surface area contributed by atoms with Gasteiger partial charge in [0, 0.05) is 17.0 Å². The average molecular weight is 519 g/mol. The Bertz CT molecular complexity index is 1240. The van der Waals surface area contributed by atoms with Crippen LogP contribution in [0, 0.1) is 29.1 Å². The van der Waals surface area contributed by atoms with Crippen molar-refractivity contribution >= 4 is 0 Å². The standard InChI is InChI=1S/C30H31F5O2/c1-3-5-18-6-7-20(16-25(18)31)21-9-12-22(37-17-21)11-8-19-10-13-23(28(33)27(19)32)24-14-15-26(36-4-2)30(35)29(24)34/h6-7,10,13-16,21-22H,3-5,8-9,11-12,17H2,1-2H3. The SMILES string of the molecule is CCCc1ccc(C2CCC(CCc3ccc(-c4ccc(OCC)c(F)c4F)c(F)c3F)OC2)cc1F. The number of halogens is 5. The normalized spacial score (nSPS) is 17.7. The van der Waals surface area contributed by atoms with E-state index >= 15 is 0 Å². The molecule has 1 aliphatic rings. The molecule has 0 radical (unpaired) electrons. The number of hydrogen-bond acceptors (Lipinski definition) is 2. The molecule has 3 aromatic carbocycles. The molecule has 0 bridgehead atoms. The van der Waals surface area contributed by atoms with Crippen molar-refractivity contribution in [2.45, 2.75) is 64.4 Å². The molecule has 1 aliphatic heterocycles. The van der Waals surface area contributed by atoms with Gasteiger partial charge >= 0.3 is 0 Å². The molecule has 4 rings (SSSR count). The summed E-state index contributed by atoms with van der Waals surface area (Å²) in [7, 11) is 0. The molecular weight excluding hydrogens is 487 g/mol. The Hall–Kier alpha value is -2.93. The number of benzene rings is 3. The molecule has 0 N–H and O–H groups in total. The minimum atomic E-state index is -1.29. The molecule has 2 unspecified atom stereocenters. The van der Waals surface area contributed by atoms with Gasteiger partial charge in [0.05, 0.1) is 19.3 Å². The number of rotatable bonds is 9. The molecule has 0 saturated carbocycles. The quantitative estimate of drug-likeness (QED) is 0.265. The van der Waals surface area contributed by atoms with Crippen LogP contribution in [0.15, 0.2) is 42.5 Å². The monoisotopic (exact) mass is 518 g/mol. The van der Waals surface area contributed by atoms with E-state index in [1.54, 1.807) is 13.0 Å². The van der Waals surface area contributed by atoms with Gasteiger partial charge in [-0.3, -0.25) is 0 Å². The van der Waals surface area contributed by atoms with Crippen molar-refractivity contribution < 1.29 is 31.4 Å². The largest absolute Gasteiger partial charge is 0.491 e. The Balaban J connectivity index is 1.38. The van der Waals surface area contributed by atoms with E-state index in [0.717, 1.165) is 30.4 Å². The van der Waals surface area contributed by atoms with E-state index in [2.05, 4.69) is 0 Å². The van der Waals surface area contributed by atoms with E-state index in [0.29, 0.717) is 19.4 Å². The molecule has 2 nitrogen and oxygen atoms in total. The molecule has 1 heterocycles. The maximum Gasteiger partial charge on any atom is 0.201 e.